The summed E-state index contributed by atoms with van der Waals surface area (Å²) in [4.78, 5) is 4.68. The number of hydrogen-bond acceptors (Lipinski definition) is 1. The zero-order valence-electron chi connectivity index (χ0n) is 14.3. The molecular weight excluding hydrogens is 314 g/mol. The van der Waals surface area contributed by atoms with Crippen molar-refractivity contribution < 1.29 is 0 Å². The number of rotatable bonds is 2. The summed E-state index contributed by atoms with van der Waals surface area (Å²) in [7, 11) is 0. The molecule has 5 aromatic rings. The van der Waals surface area contributed by atoms with Crippen LogP contribution in [0.1, 0.15) is 0 Å². The Morgan fingerprint density at radius 1 is 0.500 bits per heavy atom. The van der Waals surface area contributed by atoms with E-state index in [0.717, 1.165) is 5.52 Å². The van der Waals surface area contributed by atoms with Crippen LogP contribution < -0.4 is 0 Å². The van der Waals surface area contributed by atoms with E-state index in [4.69, 9.17) is 0 Å². The summed E-state index contributed by atoms with van der Waals surface area (Å²) in [5, 5.41) is 3.61. The maximum Gasteiger partial charge on any atom is 0.0786 e. The van der Waals surface area contributed by atoms with Gasteiger partial charge in [-0.25, -0.2) is 0 Å². The van der Waals surface area contributed by atoms with Gasteiger partial charge in [0.2, 0.25) is 0 Å². The van der Waals surface area contributed by atoms with Gasteiger partial charge >= 0.3 is 0 Å². The van der Waals surface area contributed by atoms with E-state index in [1.165, 1.54) is 38.4 Å². The number of aromatic nitrogens is 1. The number of fused-ring (bicyclic) bond motifs is 3. The molecule has 26 heavy (non-hydrogen) atoms. The van der Waals surface area contributed by atoms with Crippen molar-refractivity contribution in [3.8, 4) is 22.3 Å². The Morgan fingerprint density at radius 3 is 2.15 bits per heavy atom. The molecule has 0 radical (unpaired) electrons. The highest BCUT2D eigenvalue weighted by Gasteiger charge is 2.09. The molecule has 0 N–H and O–H groups in total. The average Bonchev–Trinajstić information content (AvgIpc) is 2.74. The Labute approximate surface area is 152 Å². The van der Waals surface area contributed by atoms with Gasteiger partial charge in [-0.3, -0.25) is 4.98 Å². The van der Waals surface area contributed by atoms with E-state index in [1.54, 1.807) is 0 Å². The van der Waals surface area contributed by atoms with Gasteiger partial charge in [0, 0.05) is 17.0 Å². The highest BCUT2D eigenvalue weighted by Crippen LogP contribution is 2.35. The third-order valence-corrected chi connectivity index (χ3v) is 4.90. The molecule has 122 valence electrons. The molecule has 1 aromatic heterocycles. The molecule has 0 unspecified atom stereocenters. The topological polar surface area (TPSA) is 12.9 Å². The van der Waals surface area contributed by atoms with Crippen LogP contribution in [-0.2, 0) is 0 Å². The maximum absolute atomic E-state index is 4.68. The normalized spacial score (nSPS) is 11.1. The van der Waals surface area contributed by atoms with Crippen molar-refractivity contribution in [1.29, 1.82) is 0 Å². The van der Waals surface area contributed by atoms with Crippen LogP contribution >= 0.6 is 0 Å². The van der Waals surface area contributed by atoms with Gasteiger partial charge < -0.3 is 0 Å². The first-order chi connectivity index (χ1) is 12.9. The SMILES string of the molecule is c1ccc(-c2cccc(-c3cccc4ccc5cccnc5c34)c2)cc1. The van der Waals surface area contributed by atoms with E-state index in [0.29, 0.717) is 0 Å². The minimum atomic E-state index is 1.06. The van der Waals surface area contributed by atoms with Crippen LogP contribution in [0, 0.1) is 0 Å². The van der Waals surface area contributed by atoms with Crippen LogP contribution in [0.4, 0.5) is 0 Å². The van der Waals surface area contributed by atoms with Crippen LogP contribution in [0.3, 0.4) is 0 Å². The molecule has 1 heterocycles. The molecule has 0 amide bonds. The summed E-state index contributed by atoms with van der Waals surface area (Å²) < 4.78 is 0. The summed E-state index contributed by atoms with van der Waals surface area (Å²) in [5.41, 5.74) is 5.97. The molecule has 0 fully saturated rings. The minimum Gasteiger partial charge on any atom is -0.256 e. The molecule has 0 aliphatic rings. The summed E-state index contributed by atoms with van der Waals surface area (Å²) in [6.45, 7) is 0. The molecule has 0 spiro atoms. The molecular formula is C25H17N. The molecule has 0 aliphatic heterocycles. The Kier molecular flexibility index (Phi) is 3.50. The Bertz CT molecular complexity index is 1220. The second-order valence-electron chi connectivity index (χ2n) is 6.49. The molecule has 0 bridgehead atoms. The lowest BCUT2D eigenvalue weighted by Crippen LogP contribution is -1.87. The fourth-order valence-corrected chi connectivity index (χ4v) is 3.65. The van der Waals surface area contributed by atoms with Crippen LogP contribution in [0.5, 0.6) is 0 Å². The molecule has 0 saturated carbocycles. The van der Waals surface area contributed by atoms with Gasteiger partial charge in [-0.1, -0.05) is 84.9 Å². The standard InChI is InChI=1S/C25H17N/c1-2-7-18(8-3-1)21-10-4-11-22(17-21)23-13-5-9-19-14-15-20-12-6-16-26-25(20)24(19)23/h1-17H. The van der Waals surface area contributed by atoms with Gasteiger partial charge in [0.25, 0.3) is 0 Å². The molecule has 1 heteroatoms. The number of pyridine rings is 1. The van der Waals surface area contributed by atoms with E-state index in [9.17, 15) is 0 Å². The molecule has 4 aromatic carbocycles. The van der Waals surface area contributed by atoms with E-state index in [1.807, 2.05) is 12.3 Å². The Morgan fingerprint density at radius 2 is 1.23 bits per heavy atom. The predicted molar refractivity (Wildman–Crippen MR) is 110 cm³/mol. The van der Waals surface area contributed by atoms with Crippen molar-refractivity contribution in [3.05, 3.63) is 103 Å². The van der Waals surface area contributed by atoms with Gasteiger partial charge in [0.05, 0.1) is 5.52 Å². The van der Waals surface area contributed by atoms with Crippen molar-refractivity contribution in [2.24, 2.45) is 0 Å². The number of hydrogen-bond donors (Lipinski definition) is 0. The number of benzene rings is 4. The lowest BCUT2D eigenvalue weighted by Gasteiger charge is -2.11. The van der Waals surface area contributed by atoms with E-state index in [-0.39, 0.29) is 0 Å². The highest BCUT2D eigenvalue weighted by atomic mass is 14.6. The molecule has 5 rings (SSSR count). The van der Waals surface area contributed by atoms with E-state index >= 15 is 0 Å². The van der Waals surface area contributed by atoms with Gasteiger partial charge in [0.15, 0.2) is 0 Å². The highest BCUT2D eigenvalue weighted by molar-refractivity contribution is 6.12. The third kappa shape index (κ3) is 2.46. The van der Waals surface area contributed by atoms with Crippen LogP contribution in [0.15, 0.2) is 103 Å². The first kappa shape index (κ1) is 14.9. The van der Waals surface area contributed by atoms with Crippen LogP contribution in [0.25, 0.3) is 43.9 Å². The zero-order chi connectivity index (χ0) is 17.3. The van der Waals surface area contributed by atoms with Crippen LogP contribution in [0.2, 0.25) is 0 Å². The fraction of sp³-hybridized carbons (Fsp3) is 0. The van der Waals surface area contributed by atoms with E-state index < -0.39 is 0 Å². The Balaban J connectivity index is 1.79. The fourth-order valence-electron chi connectivity index (χ4n) is 3.65. The average molecular weight is 331 g/mol. The quantitative estimate of drug-likeness (QED) is 0.327. The smallest absolute Gasteiger partial charge is 0.0786 e. The first-order valence-electron chi connectivity index (χ1n) is 8.82. The van der Waals surface area contributed by atoms with Crippen molar-refractivity contribution in [1.82, 2.24) is 4.98 Å². The second kappa shape index (κ2) is 6.12. The first-order valence-corrected chi connectivity index (χ1v) is 8.82. The number of nitrogens with zero attached hydrogens (tertiary/aromatic N) is 1. The van der Waals surface area contributed by atoms with Crippen molar-refractivity contribution >= 4 is 21.7 Å². The monoisotopic (exact) mass is 331 g/mol. The lowest BCUT2D eigenvalue weighted by atomic mass is 9.94. The summed E-state index contributed by atoms with van der Waals surface area (Å²) >= 11 is 0. The summed E-state index contributed by atoms with van der Waals surface area (Å²) in [6.07, 6.45) is 1.87. The molecule has 1 nitrogen and oxygen atoms in total. The molecule has 0 atom stereocenters. The van der Waals surface area contributed by atoms with Gasteiger partial charge in [-0.2, -0.15) is 0 Å². The van der Waals surface area contributed by atoms with Crippen molar-refractivity contribution in [2.45, 2.75) is 0 Å². The summed E-state index contributed by atoms with van der Waals surface area (Å²) in [6, 6.07) is 34.2. The minimum absolute atomic E-state index is 1.06. The maximum atomic E-state index is 4.68. The van der Waals surface area contributed by atoms with E-state index in [2.05, 4.69) is 96.0 Å². The summed E-state index contributed by atoms with van der Waals surface area (Å²) in [5.74, 6) is 0. The predicted octanol–water partition coefficient (Wildman–Crippen LogP) is 6.72. The lowest BCUT2D eigenvalue weighted by molar-refractivity contribution is 1.43. The van der Waals surface area contributed by atoms with Crippen LogP contribution in [-0.4, -0.2) is 4.98 Å². The zero-order valence-corrected chi connectivity index (χ0v) is 14.3. The van der Waals surface area contributed by atoms with Crippen molar-refractivity contribution in [2.75, 3.05) is 0 Å². The third-order valence-electron chi connectivity index (χ3n) is 4.90. The van der Waals surface area contributed by atoms with Gasteiger partial charge in [-0.15, -0.1) is 0 Å². The largest absolute Gasteiger partial charge is 0.256 e. The Hall–Kier alpha value is -3.45. The molecule has 0 saturated heterocycles. The van der Waals surface area contributed by atoms with Gasteiger partial charge in [-0.05, 0) is 39.8 Å². The molecule has 0 aliphatic carbocycles. The van der Waals surface area contributed by atoms with Crippen molar-refractivity contribution in [3.63, 3.8) is 0 Å². The second-order valence-corrected chi connectivity index (χ2v) is 6.49. The van der Waals surface area contributed by atoms with Gasteiger partial charge in [0.1, 0.15) is 0 Å².